The van der Waals surface area contributed by atoms with Gasteiger partial charge in [-0.25, -0.2) is 0 Å². The van der Waals surface area contributed by atoms with Crippen molar-refractivity contribution in [3.05, 3.63) is 102 Å². The Kier molecular flexibility index (Phi) is 4.92. The molecular weight excluding hydrogens is 296 g/mol. The average Bonchev–Trinajstić information content (AvgIpc) is 3.10. The van der Waals surface area contributed by atoms with Crippen molar-refractivity contribution in [2.45, 2.75) is 12.8 Å². The second kappa shape index (κ2) is 7.47. The molecule has 0 fully saturated rings. The summed E-state index contributed by atoms with van der Waals surface area (Å²) in [6.07, 6.45) is 3.93. The second-order valence-electron chi connectivity index (χ2n) is 5.66. The molecule has 120 valence electrons. The summed E-state index contributed by atoms with van der Waals surface area (Å²) < 4.78 is 0. The van der Waals surface area contributed by atoms with Gasteiger partial charge < -0.3 is 10.3 Å². The summed E-state index contributed by atoms with van der Waals surface area (Å²) >= 11 is 0. The highest BCUT2D eigenvalue weighted by Gasteiger charge is 2.20. The van der Waals surface area contributed by atoms with E-state index in [-0.39, 0.29) is 11.8 Å². The van der Waals surface area contributed by atoms with Gasteiger partial charge in [0.15, 0.2) is 0 Å². The molecule has 0 radical (unpaired) electrons. The number of aromatic nitrogens is 1. The molecule has 0 spiro atoms. The van der Waals surface area contributed by atoms with Crippen molar-refractivity contribution in [1.29, 1.82) is 0 Å². The number of aromatic amines is 1. The van der Waals surface area contributed by atoms with Crippen LogP contribution < -0.4 is 5.32 Å². The van der Waals surface area contributed by atoms with Crippen LogP contribution in [0, 0.1) is 0 Å². The first-order chi connectivity index (χ1) is 11.7. The first kappa shape index (κ1) is 15.8. The van der Waals surface area contributed by atoms with Gasteiger partial charge in [-0.15, -0.1) is 0 Å². The molecule has 0 aliphatic heterocycles. The molecule has 24 heavy (non-hydrogen) atoms. The number of H-pyrrole nitrogens is 1. The minimum Gasteiger partial charge on any atom is -0.364 e. The van der Waals surface area contributed by atoms with Crippen molar-refractivity contribution in [3.63, 3.8) is 0 Å². The highest BCUT2D eigenvalue weighted by atomic mass is 16.1. The van der Waals surface area contributed by atoms with Gasteiger partial charge in [-0.2, -0.15) is 0 Å². The van der Waals surface area contributed by atoms with Crippen LogP contribution >= 0.6 is 0 Å². The monoisotopic (exact) mass is 316 g/mol. The highest BCUT2D eigenvalue weighted by Crippen LogP contribution is 2.30. The Balaban J connectivity index is 2.10. The van der Waals surface area contributed by atoms with E-state index < -0.39 is 0 Å². The summed E-state index contributed by atoms with van der Waals surface area (Å²) in [6, 6.07) is 24.2. The molecule has 1 heterocycles. The maximum atomic E-state index is 11.8. The largest absolute Gasteiger partial charge is 0.364 e. The van der Waals surface area contributed by atoms with Crippen LogP contribution in [-0.2, 0) is 4.79 Å². The van der Waals surface area contributed by atoms with Crippen LogP contribution in [0.5, 0.6) is 0 Å². The van der Waals surface area contributed by atoms with Gasteiger partial charge in [-0.3, -0.25) is 4.79 Å². The number of amides is 1. The highest BCUT2D eigenvalue weighted by molar-refractivity contribution is 5.77. The van der Waals surface area contributed by atoms with Gasteiger partial charge in [-0.05, 0) is 29.3 Å². The zero-order valence-corrected chi connectivity index (χ0v) is 13.6. The molecule has 1 atom stereocenters. The summed E-state index contributed by atoms with van der Waals surface area (Å²) in [4.78, 5) is 15.1. The standard InChI is InChI=1S/C21H20N2O/c1-16(24)23-20(15-17-9-4-2-5-10-17)21(19-13-8-14-22-19)18-11-6-3-7-12-18/h2-15,21-22H,1H3,(H,23,24)/b20-15-. The van der Waals surface area contributed by atoms with Crippen LogP contribution in [0.4, 0.5) is 0 Å². The molecule has 3 aromatic rings. The second-order valence-corrected chi connectivity index (χ2v) is 5.66. The summed E-state index contributed by atoms with van der Waals surface area (Å²) in [7, 11) is 0. The third-order valence-electron chi connectivity index (χ3n) is 3.82. The lowest BCUT2D eigenvalue weighted by atomic mass is 9.91. The zero-order valence-electron chi connectivity index (χ0n) is 13.6. The normalized spacial score (nSPS) is 12.6. The summed E-state index contributed by atoms with van der Waals surface area (Å²) in [5, 5.41) is 3.02. The minimum absolute atomic E-state index is 0.0645. The fraction of sp³-hybridized carbons (Fsp3) is 0.0952. The van der Waals surface area contributed by atoms with Crippen LogP contribution in [0.1, 0.15) is 29.7 Å². The number of rotatable bonds is 5. The Morgan fingerprint density at radius 3 is 2.21 bits per heavy atom. The quantitative estimate of drug-likeness (QED) is 0.723. The molecule has 0 aliphatic carbocycles. The van der Waals surface area contributed by atoms with Gasteiger partial charge in [0.1, 0.15) is 0 Å². The molecule has 0 aliphatic rings. The molecule has 3 rings (SSSR count). The number of nitrogens with one attached hydrogen (secondary N) is 2. The van der Waals surface area contributed by atoms with E-state index in [9.17, 15) is 4.79 Å². The first-order valence-electron chi connectivity index (χ1n) is 7.96. The number of hydrogen-bond donors (Lipinski definition) is 2. The van der Waals surface area contributed by atoms with E-state index in [1.165, 1.54) is 6.92 Å². The summed E-state index contributed by atoms with van der Waals surface area (Å²) in [6.45, 7) is 1.54. The van der Waals surface area contributed by atoms with E-state index >= 15 is 0 Å². The van der Waals surface area contributed by atoms with E-state index in [0.717, 1.165) is 22.5 Å². The van der Waals surface area contributed by atoms with Crippen molar-refractivity contribution in [1.82, 2.24) is 10.3 Å². The fourth-order valence-corrected chi connectivity index (χ4v) is 2.82. The van der Waals surface area contributed by atoms with Crippen molar-refractivity contribution in [2.75, 3.05) is 0 Å². The first-order valence-corrected chi connectivity index (χ1v) is 7.96. The van der Waals surface area contributed by atoms with E-state index in [4.69, 9.17) is 0 Å². The van der Waals surface area contributed by atoms with E-state index in [0.29, 0.717) is 0 Å². The smallest absolute Gasteiger partial charge is 0.221 e. The SMILES string of the molecule is CC(=O)N/C(=C\c1ccccc1)C(c1ccccc1)c1ccc[nH]1. The van der Waals surface area contributed by atoms with E-state index in [1.807, 2.05) is 72.9 Å². The van der Waals surface area contributed by atoms with Gasteiger partial charge in [0.05, 0.1) is 5.92 Å². The van der Waals surface area contributed by atoms with Crippen LogP contribution in [0.3, 0.4) is 0 Å². The number of hydrogen-bond acceptors (Lipinski definition) is 1. The molecule has 0 saturated heterocycles. The molecular formula is C21H20N2O. The van der Waals surface area contributed by atoms with Gasteiger partial charge in [0, 0.05) is 24.5 Å². The van der Waals surface area contributed by atoms with Crippen LogP contribution in [0.15, 0.2) is 84.7 Å². The number of allylic oxidation sites excluding steroid dienone is 1. The third kappa shape index (κ3) is 3.82. The van der Waals surface area contributed by atoms with Crippen molar-refractivity contribution in [2.24, 2.45) is 0 Å². The van der Waals surface area contributed by atoms with E-state index in [2.05, 4.69) is 22.4 Å². The molecule has 3 nitrogen and oxygen atoms in total. The Morgan fingerprint density at radius 1 is 0.958 bits per heavy atom. The van der Waals surface area contributed by atoms with Gasteiger partial charge in [-0.1, -0.05) is 60.7 Å². The third-order valence-corrected chi connectivity index (χ3v) is 3.82. The van der Waals surface area contributed by atoms with Gasteiger partial charge >= 0.3 is 0 Å². The maximum Gasteiger partial charge on any atom is 0.221 e. The predicted octanol–water partition coefficient (Wildman–Crippen LogP) is 4.32. The Morgan fingerprint density at radius 2 is 1.62 bits per heavy atom. The topological polar surface area (TPSA) is 44.9 Å². The molecule has 3 heteroatoms. The van der Waals surface area contributed by atoms with E-state index in [1.54, 1.807) is 0 Å². The molecule has 2 aromatic carbocycles. The van der Waals surface area contributed by atoms with Crippen LogP contribution in [0.25, 0.3) is 6.08 Å². The lowest BCUT2D eigenvalue weighted by molar-refractivity contribution is -0.118. The van der Waals surface area contributed by atoms with Gasteiger partial charge in [0.2, 0.25) is 5.91 Å². The Bertz CT molecular complexity index is 806. The number of carbonyl (C=O) groups is 1. The molecule has 2 N–H and O–H groups in total. The van der Waals surface area contributed by atoms with Crippen molar-refractivity contribution >= 4 is 12.0 Å². The zero-order chi connectivity index (χ0) is 16.8. The Hall–Kier alpha value is -3.07. The summed E-state index contributed by atoms with van der Waals surface area (Å²) in [5.41, 5.74) is 4.06. The molecule has 1 aromatic heterocycles. The predicted molar refractivity (Wildman–Crippen MR) is 97.3 cm³/mol. The number of benzene rings is 2. The van der Waals surface area contributed by atoms with Crippen LogP contribution in [0.2, 0.25) is 0 Å². The van der Waals surface area contributed by atoms with Gasteiger partial charge in [0.25, 0.3) is 0 Å². The minimum atomic E-state index is -0.0790. The lowest BCUT2D eigenvalue weighted by Crippen LogP contribution is -2.24. The lowest BCUT2D eigenvalue weighted by Gasteiger charge is -2.21. The van der Waals surface area contributed by atoms with Crippen LogP contribution in [-0.4, -0.2) is 10.9 Å². The molecule has 1 amide bonds. The summed E-state index contributed by atoms with van der Waals surface area (Å²) in [5.74, 6) is -0.144. The maximum absolute atomic E-state index is 11.8. The van der Waals surface area contributed by atoms with Crippen molar-refractivity contribution in [3.8, 4) is 0 Å². The molecule has 1 unspecified atom stereocenters. The average molecular weight is 316 g/mol. The Labute approximate surface area is 142 Å². The molecule has 0 saturated carbocycles. The number of carbonyl (C=O) groups excluding carboxylic acids is 1. The fourth-order valence-electron chi connectivity index (χ4n) is 2.82. The van der Waals surface area contributed by atoms with Crippen molar-refractivity contribution < 1.29 is 4.79 Å². The molecule has 0 bridgehead atoms.